The zero-order valence-corrected chi connectivity index (χ0v) is 14.3. The van der Waals surface area contributed by atoms with Crippen molar-refractivity contribution in [2.75, 3.05) is 26.2 Å². The maximum atomic E-state index is 12.1. The van der Waals surface area contributed by atoms with Gasteiger partial charge >= 0.3 is 0 Å². The number of piperazine rings is 1. The number of fused-ring (bicyclic) bond motifs is 1. The molecule has 1 saturated heterocycles. The first-order chi connectivity index (χ1) is 11.0. The Morgan fingerprint density at radius 3 is 2.52 bits per heavy atom. The third-order valence-corrected chi connectivity index (χ3v) is 4.55. The summed E-state index contributed by atoms with van der Waals surface area (Å²) in [6.45, 7) is 8.54. The number of aryl methyl sites for hydroxylation is 1. The zero-order valence-electron chi connectivity index (χ0n) is 14.3. The van der Waals surface area contributed by atoms with Gasteiger partial charge in [-0.1, -0.05) is 26.0 Å². The lowest BCUT2D eigenvalue weighted by molar-refractivity contribution is -0.133. The predicted molar refractivity (Wildman–Crippen MR) is 92.0 cm³/mol. The molecule has 1 aromatic carbocycles. The van der Waals surface area contributed by atoms with E-state index in [-0.39, 0.29) is 0 Å². The summed E-state index contributed by atoms with van der Waals surface area (Å²) >= 11 is 0. The highest BCUT2D eigenvalue weighted by molar-refractivity contribution is 5.76. The Morgan fingerprint density at radius 1 is 1.17 bits per heavy atom. The number of aromatic nitrogens is 2. The summed E-state index contributed by atoms with van der Waals surface area (Å²) in [5.74, 6) is 1.82. The number of carbonyl (C=O) groups excluding carboxylic acids is 1. The number of rotatable bonds is 4. The molecule has 1 fully saturated rings. The second-order valence-corrected chi connectivity index (χ2v) is 6.83. The monoisotopic (exact) mass is 314 g/mol. The Balaban J connectivity index is 1.60. The molecule has 5 heteroatoms. The van der Waals surface area contributed by atoms with Gasteiger partial charge in [0.25, 0.3) is 0 Å². The van der Waals surface area contributed by atoms with E-state index in [0.717, 1.165) is 44.1 Å². The van der Waals surface area contributed by atoms with Gasteiger partial charge in [0.1, 0.15) is 5.82 Å². The van der Waals surface area contributed by atoms with Gasteiger partial charge in [-0.15, -0.1) is 0 Å². The van der Waals surface area contributed by atoms with E-state index in [9.17, 15) is 4.79 Å². The molecule has 1 aliphatic rings. The van der Waals surface area contributed by atoms with Crippen molar-refractivity contribution in [3.63, 3.8) is 0 Å². The molecule has 0 aliphatic carbocycles. The van der Waals surface area contributed by atoms with E-state index in [4.69, 9.17) is 4.98 Å². The predicted octanol–water partition coefficient (Wildman–Crippen LogP) is 2.26. The van der Waals surface area contributed by atoms with E-state index in [1.165, 1.54) is 5.52 Å². The molecule has 0 N–H and O–H groups in total. The Morgan fingerprint density at radius 2 is 1.87 bits per heavy atom. The minimum absolute atomic E-state index is 0.294. The van der Waals surface area contributed by atoms with Crippen LogP contribution in [0, 0.1) is 5.92 Å². The van der Waals surface area contributed by atoms with Crippen LogP contribution in [0.4, 0.5) is 0 Å². The van der Waals surface area contributed by atoms with Crippen LogP contribution in [0.25, 0.3) is 11.0 Å². The topological polar surface area (TPSA) is 41.4 Å². The second kappa shape index (κ2) is 6.71. The molecule has 2 heterocycles. The number of amides is 1. The van der Waals surface area contributed by atoms with Gasteiger partial charge in [0.15, 0.2) is 0 Å². The summed E-state index contributed by atoms with van der Waals surface area (Å²) in [7, 11) is 2.08. The first-order valence-corrected chi connectivity index (χ1v) is 8.45. The van der Waals surface area contributed by atoms with Crippen LogP contribution in [0.5, 0.6) is 0 Å². The van der Waals surface area contributed by atoms with Crippen molar-refractivity contribution in [1.82, 2.24) is 19.4 Å². The number of benzene rings is 1. The molecule has 2 aromatic rings. The molecule has 0 saturated carbocycles. The van der Waals surface area contributed by atoms with E-state index >= 15 is 0 Å². The van der Waals surface area contributed by atoms with Crippen LogP contribution in [-0.2, 0) is 18.4 Å². The minimum atomic E-state index is 0.294. The van der Waals surface area contributed by atoms with Crippen molar-refractivity contribution < 1.29 is 4.79 Å². The normalized spacial score (nSPS) is 16.4. The lowest BCUT2D eigenvalue weighted by Gasteiger charge is -2.34. The van der Waals surface area contributed by atoms with Crippen LogP contribution in [0.15, 0.2) is 24.3 Å². The smallest absolute Gasteiger partial charge is 0.222 e. The average Bonchev–Trinajstić information content (AvgIpc) is 2.84. The summed E-state index contributed by atoms with van der Waals surface area (Å²) in [6, 6.07) is 8.24. The number of imidazole rings is 1. The van der Waals surface area contributed by atoms with Gasteiger partial charge in [-0.3, -0.25) is 9.69 Å². The molecule has 0 atom stereocenters. The standard InChI is InChI=1S/C18H26N4O/c1-14(2)12-18(23)22-10-8-21(9-11-22)13-17-19-15-6-4-5-7-16(15)20(17)3/h4-7,14H,8-13H2,1-3H3. The van der Waals surface area contributed by atoms with Gasteiger partial charge in [0.05, 0.1) is 17.6 Å². The van der Waals surface area contributed by atoms with Crippen molar-refractivity contribution in [1.29, 1.82) is 0 Å². The van der Waals surface area contributed by atoms with Gasteiger partial charge in [0, 0.05) is 39.6 Å². The van der Waals surface area contributed by atoms with Crippen LogP contribution in [0.2, 0.25) is 0 Å². The van der Waals surface area contributed by atoms with E-state index in [1.807, 2.05) is 17.0 Å². The van der Waals surface area contributed by atoms with Crippen LogP contribution in [-0.4, -0.2) is 51.4 Å². The van der Waals surface area contributed by atoms with E-state index in [2.05, 4.69) is 42.5 Å². The van der Waals surface area contributed by atoms with Crippen molar-refractivity contribution in [3.05, 3.63) is 30.1 Å². The maximum Gasteiger partial charge on any atom is 0.222 e. The van der Waals surface area contributed by atoms with E-state index in [0.29, 0.717) is 18.2 Å². The van der Waals surface area contributed by atoms with Crippen molar-refractivity contribution in [2.45, 2.75) is 26.8 Å². The fourth-order valence-corrected chi connectivity index (χ4v) is 3.17. The quantitative estimate of drug-likeness (QED) is 0.869. The fourth-order valence-electron chi connectivity index (χ4n) is 3.17. The zero-order chi connectivity index (χ0) is 16.4. The lowest BCUT2D eigenvalue weighted by Crippen LogP contribution is -2.48. The highest BCUT2D eigenvalue weighted by Crippen LogP contribution is 2.16. The van der Waals surface area contributed by atoms with Gasteiger partial charge in [0.2, 0.25) is 5.91 Å². The molecule has 1 aliphatic heterocycles. The lowest BCUT2D eigenvalue weighted by atomic mass is 10.1. The van der Waals surface area contributed by atoms with E-state index in [1.54, 1.807) is 0 Å². The van der Waals surface area contributed by atoms with Crippen molar-refractivity contribution in [3.8, 4) is 0 Å². The van der Waals surface area contributed by atoms with Crippen LogP contribution in [0.1, 0.15) is 26.1 Å². The fraction of sp³-hybridized carbons (Fsp3) is 0.556. The highest BCUT2D eigenvalue weighted by atomic mass is 16.2. The molecule has 0 unspecified atom stereocenters. The van der Waals surface area contributed by atoms with Crippen molar-refractivity contribution in [2.24, 2.45) is 13.0 Å². The number of hydrogen-bond donors (Lipinski definition) is 0. The molecule has 0 bridgehead atoms. The largest absolute Gasteiger partial charge is 0.340 e. The molecule has 124 valence electrons. The second-order valence-electron chi connectivity index (χ2n) is 6.83. The molecule has 1 aromatic heterocycles. The minimum Gasteiger partial charge on any atom is -0.340 e. The first-order valence-electron chi connectivity index (χ1n) is 8.45. The van der Waals surface area contributed by atoms with Crippen LogP contribution < -0.4 is 0 Å². The molecule has 0 spiro atoms. The number of carbonyl (C=O) groups is 1. The third-order valence-electron chi connectivity index (χ3n) is 4.55. The van der Waals surface area contributed by atoms with Gasteiger partial charge in [-0.05, 0) is 18.1 Å². The number of nitrogens with zero attached hydrogens (tertiary/aromatic N) is 4. The van der Waals surface area contributed by atoms with Crippen LogP contribution >= 0.6 is 0 Å². The van der Waals surface area contributed by atoms with Gasteiger partial charge in [-0.2, -0.15) is 0 Å². The van der Waals surface area contributed by atoms with Crippen LogP contribution in [0.3, 0.4) is 0 Å². The third kappa shape index (κ3) is 3.55. The molecule has 5 nitrogen and oxygen atoms in total. The van der Waals surface area contributed by atoms with E-state index < -0.39 is 0 Å². The molecular weight excluding hydrogens is 288 g/mol. The highest BCUT2D eigenvalue weighted by Gasteiger charge is 2.22. The van der Waals surface area contributed by atoms with Gasteiger partial charge < -0.3 is 9.47 Å². The molecular formula is C18H26N4O. The Bertz CT molecular complexity index is 683. The summed E-state index contributed by atoms with van der Waals surface area (Å²) in [6.07, 6.45) is 0.657. The summed E-state index contributed by atoms with van der Waals surface area (Å²) in [4.78, 5) is 21.3. The Labute approximate surface area is 137 Å². The summed E-state index contributed by atoms with van der Waals surface area (Å²) in [5.41, 5.74) is 2.23. The maximum absolute atomic E-state index is 12.1. The summed E-state index contributed by atoms with van der Waals surface area (Å²) < 4.78 is 2.17. The van der Waals surface area contributed by atoms with Crippen molar-refractivity contribution >= 4 is 16.9 Å². The molecule has 0 radical (unpaired) electrons. The number of para-hydroxylation sites is 2. The number of hydrogen-bond acceptors (Lipinski definition) is 3. The Hall–Kier alpha value is -1.88. The average molecular weight is 314 g/mol. The molecule has 1 amide bonds. The Kier molecular flexibility index (Phi) is 4.66. The molecule has 23 heavy (non-hydrogen) atoms. The SMILES string of the molecule is CC(C)CC(=O)N1CCN(Cc2nc3ccccc3n2C)CC1. The summed E-state index contributed by atoms with van der Waals surface area (Å²) in [5, 5.41) is 0. The first kappa shape index (κ1) is 16.0. The molecule has 3 rings (SSSR count). The van der Waals surface area contributed by atoms with Gasteiger partial charge in [-0.25, -0.2) is 4.98 Å².